The largest absolute Gasteiger partial charge is 0.453 e. The molecule has 7 nitrogen and oxygen atoms in total. The van der Waals surface area contributed by atoms with Crippen molar-refractivity contribution in [1.82, 2.24) is 15.0 Å². The van der Waals surface area contributed by atoms with Crippen molar-refractivity contribution in [2.75, 3.05) is 9.80 Å². The van der Waals surface area contributed by atoms with E-state index in [2.05, 4.69) is 114 Å². The highest BCUT2D eigenvalue weighted by Gasteiger charge is 2.27. The summed E-state index contributed by atoms with van der Waals surface area (Å²) in [5.74, 6) is 5.06. The number of hydrogen-bond donors (Lipinski definition) is 0. The van der Waals surface area contributed by atoms with E-state index in [1.807, 2.05) is 72.8 Å². The summed E-state index contributed by atoms with van der Waals surface area (Å²) in [5.41, 5.74) is 9.82. The van der Waals surface area contributed by atoms with Crippen molar-refractivity contribution in [2.45, 2.75) is 6.92 Å². The van der Waals surface area contributed by atoms with Crippen LogP contribution in [0.5, 0.6) is 23.0 Å². The van der Waals surface area contributed by atoms with Crippen LogP contribution in [0.1, 0.15) is 5.56 Å². The third-order valence-corrected chi connectivity index (χ3v) is 9.58. The molecular formula is C46H31N5O2. The van der Waals surface area contributed by atoms with Gasteiger partial charge in [0.15, 0.2) is 40.5 Å². The maximum atomic E-state index is 6.24. The Balaban J connectivity index is 1.04. The molecule has 0 N–H and O–H groups in total. The van der Waals surface area contributed by atoms with Crippen LogP contribution in [-0.4, -0.2) is 15.0 Å². The minimum atomic E-state index is 0.597. The molecule has 0 aliphatic carbocycles. The van der Waals surface area contributed by atoms with Crippen molar-refractivity contribution in [3.05, 3.63) is 175 Å². The molecule has 252 valence electrons. The van der Waals surface area contributed by atoms with Crippen LogP contribution in [-0.2, 0) is 0 Å². The molecule has 2 aliphatic heterocycles. The molecule has 0 saturated carbocycles. The Kier molecular flexibility index (Phi) is 7.21. The van der Waals surface area contributed by atoms with Gasteiger partial charge in [-0.3, -0.25) is 0 Å². The van der Waals surface area contributed by atoms with Gasteiger partial charge in [0.2, 0.25) is 0 Å². The lowest BCUT2D eigenvalue weighted by atomic mass is 10.1. The molecular weight excluding hydrogens is 655 g/mol. The molecule has 0 fully saturated rings. The molecule has 1 aromatic heterocycles. The molecule has 8 aromatic rings. The SMILES string of the molecule is Cc1ccc(-c2nc(-c3ccc(N4c5ccccc5Oc5ccccc54)cc3)nc(-c3ccc(N4c5ccccc5Oc5ccccc54)cc3)n2)cc1. The zero-order valence-corrected chi connectivity index (χ0v) is 28.7. The molecule has 7 aromatic carbocycles. The standard InChI is InChI=1S/C46H31N5O2/c1-30-18-20-31(21-19-30)44-47-45(32-22-26-34(27-23-32)50-36-10-2-6-14-40(36)52-41-15-7-3-11-37(41)50)49-46(48-44)33-24-28-35(29-25-33)51-38-12-4-8-16-42(38)53-43-17-9-5-13-39(43)51/h2-29H,1H3. The number of rotatable bonds is 5. The zero-order chi connectivity index (χ0) is 35.3. The van der Waals surface area contributed by atoms with Crippen molar-refractivity contribution in [1.29, 1.82) is 0 Å². The first-order valence-corrected chi connectivity index (χ1v) is 17.5. The van der Waals surface area contributed by atoms with Gasteiger partial charge < -0.3 is 19.3 Å². The van der Waals surface area contributed by atoms with Crippen LogP contribution in [0.3, 0.4) is 0 Å². The van der Waals surface area contributed by atoms with Gasteiger partial charge in [0, 0.05) is 28.1 Å². The van der Waals surface area contributed by atoms with Gasteiger partial charge in [-0.05, 0) is 104 Å². The van der Waals surface area contributed by atoms with Crippen LogP contribution in [0, 0.1) is 6.92 Å². The summed E-state index contributed by atoms with van der Waals surface area (Å²) in [6.45, 7) is 2.08. The minimum Gasteiger partial charge on any atom is -0.453 e. The Morgan fingerprint density at radius 1 is 0.340 bits per heavy atom. The zero-order valence-electron chi connectivity index (χ0n) is 28.7. The summed E-state index contributed by atoms with van der Waals surface area (Å²) >= 11 is 0. The van der Waals surface area contributed by atoms with E-state index in [4.69, 9.17) is 24.4 Å². The fourth-order valence-electron chi connectivity index (χ4n) is 6.95. The topological polar surface area (TPSA) is 63.6 Å². The molecule has 0 atom stereocenters. The van der Waals surface area contributed by atoms with Crippen molar-refractivity contribution in [3.63, 3.8) is 0 Å². The molecule has 0 amide bonds. The van der Waals surface area contributed by atoms with E-state index in [-0.39, 0.29) is 0 Å². The van der Waals surface area contributed by atoms with Gasteiger partial charge in [-0.15, -0.1) is 0 Å². The maximum Gasteiger partial charge on any atom is 0.164 e. The minimum absolute atomic E-state index is 0.597. The van der Waals surface area contributed by atoms with Crippen LogP contribution >= 0.6 is 0 Å². The lowest BCUT2D eigenvalue weighted by molar-refractivity contribution is 0.477. The van der Waals surface area contributed by atoms with Gasteiger partial charge in [-0.25, -0.2) is 15.0 Å². The third kappa shape index (κ3) is 5.43. The predicted molar refractivity (Wildman–Crippen MR) is 210 cm³/mol. The second kappa shape index (κ2) is 12.5. The van der Waals surface area contributed by atoms with Crippen LogP contribution in [0.15, 0.2) is 170 Å². The number of anilines is 6. The molecule has 2 aliphatic rings. The molecule has 0 bridgehead atoms. The Hall–Kier alpha value is -7.25. The van der Waals surface area contributed by atoms with E-state index in [0.717, 1.165) is 73.8 Å². The molecule has 7 heteroatoms. The van der Waals surface area contributed by atoms with Crippen molar-refractivity contribution in [2.24, 2.45) is 0 Å². The Morgan fingerprint density at radius 2 is 0.623 bits per heavy atom. The predicted octanol–water partition coefficient (Wildman–Crippen LogP) is 12.3. The van der Waals surface area contributed by atoms with Gasteiger partial charge in [0.1, 0.15) is 0 Å². The number of aryl methyl sites for hydroxylation is 1. The first kappa shape index (κ1) is 30.6. The summed E-state index contributed by atoms with van der Waals surface area (Å²) < 4.78 is 12.5. The molecule has 0 saturated heterocycles. The smallest absolute Gasteiger partial charge is 0.164 e. The number of para-hydroxylation sites is 8. The molecule has 0 spiro atoms. The average molecular weight is 686 g/mol. The maximum absolute atomic E-state index is 6.24. The number of fused-ring (bicyclic) bond motifs is 4. The van der Waals surface area contributed by atoms with E-state index in [9.17, 15) is 0 Å². The molecule has 0 radical (unpaired) electrons. The Labute approximate surface area is 307 Å². The highest BCUT2D eigenvalue weighted by Crippen LogP contribution is 2.51. The summed E-state index contributed by atoms with van der Waals surface area (Å²) in [6, 6.07) is 57.4. The van der Waals surface area contributed by atoms with Crippen LogP contribution in [0.4, 0.5) is 34.1 Å². The van der Waals surface area contributed by atoms with E-state index in [1.165, 1.54) is 5.56 Å². The monoisotopic (exact) mass is 685 g/mol. The summed E-state index contributed by atoms with van der Waals surface area (Å²) in [5, 5.41) is 0. The van der Waals surface area contributed by atoms with Gasteiger partial charge in [-0.2, -0.15) is 0 Å². The average Bonchev–Trinajstić information content (AvgIpc) is 3.22. The van der Waals surface area contributed by atoms with Crippen LogP contribution < -0.4 is 19.3 Å². The van der Waals surface area contributed by atoms with Crippen molar-refractivity contribution in [3.8, 4) is 57.2 Å². The number of nitrogens with zero attached hydrogens (tertiary/aromatic N) is 5. The molecule has 53 heavy (non-hydrogen) atoms. The van der Waals surface area contributed by atoms with Crippen LogP contribution in [0.25, 0.3) is 34.2 Å². The van der Waals surface area contributed by atoms with Gasteiger partial charge in [0.25, 0.3) is 0 Å². The second-order valence-electron chi connectivity index (χ2n) is 13.0. The Morgan fingerprint density at radius 3 is 0.943 bits per heavy atom. The van der Waals surface area contributed by atoms with Gasteiger partial charge in [0.05, 0.1) is 22.7 Å². The summed E-state index contributed by atoms with van der Waals surface area (Å²) in [7, 11) is 0. The number of ether oxygens (including phenoxy) is 2. The quantitative estimate of drug-likeness (QED) is 0.179. The third-order valence-electron chi connectivity index (χ3n) is 9.58. The van der Waals surface area contributed by atoms with Crippen molar-refractivity contribution < 1.29 is 9.47 Å². The van der Waals surface area contributed by atoms with Crippen LogP contribution in [0.2, 0.25) is 0 Å². The highest BCUT2D eigenvalue weighted by atomic mass is 16.5. The van der Waals surface area contributed by atoms with Gasteiger partial charge >= 0.3 is 0 Å². The molecule has 0 unspecified atom stereocenters. The van der Waals surface area contributed by atoms with Crippen molar-refractivity contribution >= 4 is 34.1 Å². The second-order valence-corrected chi connectivity index (χ2v) is 13.0. The van der Waals surface area contributed by atoms with E-state index in [0.29, 0.717) is 17.5 Å². The van der Waals surface area contributed by atoms with Gasteiger partial charge in [-0.1, -0.05) is 78.4 Å². The first-order valence-electron chi connectivity index (χ1n) is 17.5. The fourth-order valence-corrected chi connectivity index (χ4v) is 6.95. The normalized spacial score (nSPS) is 12.5. The van der Waals surface area contributed by atoms with E-state index in [1.54, 1.807) is 0 Å². The number of benzene rings is 7. The first-order chi connectivity index (χ1) is 26.2. The number of aromatic nitrogens is 3. The summed E-state index contributed by atoms with van der Waals surface area (Å²) in [6.07, 6.45) is 0. The summed E-state index contributed by atoms with van der Waals surface area (Å²) in [4.78, 5) is 19.5. The lowest BCUT2D eigenvalue weighted by Gasteiger charge is -2.32. The Bertz CT molecular complexity index is 2390. The number of hydrogen-bond acceptors (Lipinski definition) is 7. The molecule has 10 rings (SSSR count). The lowest BCUT2D eigenvalue weighted by Crippen LogP contribution is -2.15. The molecule has 3 heterocycles. The van der Waals surface area contributed by atoms with E-state index < -0.39 is 0 Å². The van der Waals surface area contributed by atoms with E-state index >= 15 is 0 Å². The highest BCUT2D eigenvalue weighted by molar-refractivity contribution is 5.88. The fraction of sp³-hybridized carbons (Fsp3) is 0.0217.